The van der Waals surface area contributed by atoms with Crippen LogP contribution in [0.15, 0.2) is 78.2 Å². The average molecular weight is 438 g/mol. The van der Waals surface area contributed by atoms with Crippen molar-refractivity contribution in [3.8, 4) is 16.9 Å². The van der Waals surface area contributed by atoms with Crippen LogP contribution in [0.4, 0.5) is 0 Å². The number of rotatable bonds is 6. The molecule has 1 heterocycles. The van der Waals surface area contributed by atoms with E-state index in [9.17, 15) is 9.59 Å². The molecule has 0 aliphatic heterocycles. The van der Waals surface area contributed by atoms with Crippen molar-refractivity contribution in [2.24, 2.45) is 0 Å². The number of ether oxygens (including phenoxy) is 1. The van der Waals surface area contributed by atoms with Crippen molar-refractivity contribution in [2.45, 2.75) is 0 Å². The molecule has 30 heavy (non-hydrogen) atoms. The van der Waals surface area contributed by atoms with Crippen LogP contribution >= 0.6 is 23.6 Å². The van der Waals surface area contributed by atoms with Gasteiger partial charge < -0.3 is 4.74 Å². The molecule has 0 saturated heterocycles. The largest absolute Gasteiger partial charge is 0.483 e. The Morgan fingerprint density at radius 2 is 1.73 bits per heavy atom. The molecule has 0 aliphatic carbocycles. The molecule has 0 aliphatic rings. The number of carbonyl (C=O) groups is 2. The lowest BCUT2D eigenvalue weighted by atomic mass is 10.1. The van der Waals surface area contributed by atoms with Gasteiger partial charge in [-0.15, -0.1) is 11.3 Å². The lowest BCUT2D eigenvalue weighted by Gasteiger charge is -2.13. The fourth-order valence-electron chi connectivity index (χ4n) is 2.48. The number of para-hydroxylation sites is 1. The maximum Gasteiger partial charge on any atom is 0.276 e. The molecule has 0 saturated carbocycles. The SMILES string of the molecule is O=C(/C=C/c1cccs1)NC(=S)NNC(=O)COc1ccccc1-c1ccccc1. The number of benzene rings is 2. The summed E-state index contributed by atoms with van der Waals surface area (Å²) in [5, 5.41) is 4.34. The Hall–Kier alpha value is -3.49. The Balaban J connectivity index is 1.44. The van der Waals surface area contributed by atoms with Gasteiger partial charge in [0, 0.05) is 16.5 Å². The van der Waals surface area contributed by atoms with Gasteiger partial charge in [-0.05, 0) is 41.4 Å². The van der Waals surface area contributed by atoms with Crippen molar-refractivity contribution in [3.63, 3.8) is 0 Å². The van der Waals surface area contributed by atoms with E-state index in [4.69, 9.17) is 17.0 Å². The van der Waals surface area contributed by atoms with Crippen LogP contribution in [0.5, 0.6) is 5.75 Å². The predicted octanol–water partition coefficient (Wildman–Crippen LogP) is 3.53. The third-order valence-corrected chi connectivity index (χ3v) is 4.87. The summed E-state index contributed by atoms with van der Waals surface area (Å²) >= 11 is 6.51. The Morgan fingerprint density at radius 3 is 2.50 bits per heavy atom. The zero-order chi connectivity index (χ0) is 21.2. The summed E-state index contributed by atoms with van der Waals surface area (Å²) < 4.78 is 5.65. The summed E-state index contributed by atoms with van der Waals surface area (Å²) in [6.45, 7) is -0.217. The number of hydrogen-bond acceptors (Lipinski definition) is 5. The van der Waals surface area contributed by atoms with Gasteiger partial charge in [0.25, 0.3) is 5.91 Å². The molecule has 1 aromatic heterocycles. The lowest BCUT2D eigenvalue weighted by molar-refractivity contribution is -0.123. The summed E-state index contributed by atoms with van der Waals surface area (Å²) in [4.78, 5) is 24.8. The van der Waals surface area contributed by atoms with Crippen molar-refractivity contribution in [1.82, 2.24) is 16.2 Å². The lowest BCUT2D eigenvalue weighted by Crippen LogP contribution is -2.49. The molecule has 152 valence electrons. The van der Waals surface area contributed by atoms with Crippen LogP contribution in [0.25, 0.3) is 17.2 Å². The second kappa shape index (κ2) is 10.9. The van der Waals surface area contributed by atoms with Gasteiger partial charge in [-0.2, -0.15) is 0 Å². The molecule has 0 fully saturated rings. The summed E-state index contributed by atoms with van der Waals surface area (Å²) in [6.07, 6.45) is 3.05. The number of hydrazine groups is 1. The topological polar surface area (TPSA) is 79.5 Å². The molecule has 0 bridgehead atoms. The molecule has 0 radical (unpaired) electrons. The molecule has 0 unspecified atom stereocenters. The van der Waals surface area contributed by atoms with Crippen molar-refractivity contribution in [2.75, 3.05) is 6.61 Å². The Bertz CT molecular complexity index is 1030. The van der Waals surface area contributed by atoms with Gasteiger partial charge in [-0.3, -0.25) is 25.8 Å². The van der Waals surface area contributed by atoms with E-state index in [1.807, 2.05) is 66.0 Å². The molecule has 0 spiro atoms. The highest BCUT2D eigenvalue weighted by Gasteiger charge is 2.09. The highest BCUT2D eigenvalue weighted by Crippen LogP contribution is 2.29. The number of carbonyl (C=O) groups excluding carboxylic acids is 2. The van der Waals surface area contributed by atoms with Crippen LogP contribution in [-0.2, 0) is 9.59 Å². The Labute approximate surface area is 183 Å². The number of hydrogen-bond donors (Lipinski definition) is 3. The van der Waals surface area contributed by atoms with E-state index in [-0.39, 0.29) is 11.7 Å². The smallest absolute Gasteiger partial charge is 0.276 e. The third kappa shape index (κ3) is 6.54. The van der Waals surface area contributed by atoms with E-state index in [1.54, 1.807) is 12.1 Å². The van der Waals surface area contributed by atoms with Gasteiger partial charge in [0.05, 0.1) is 0 Å². The van der Waals surface area contributed by atoms with E-state index >= 15 is 0 Å². The number of thiophene rings is 1. The fraction of sp³-hybridized carbons (Fsp3) is 0.0455. The molecule has 3 aromatic rings. The second-order valence-corrected chi connectivity index (χ2v) is 7.38. The number of amides is 2. The fourth-order valence-corrected chi connectivity index (χ4v) is 3.25. The maximum absolute atomic E-state index is 12.1. The predicted molar refractivity (Wildman–Crippen MR) is 123 cm³/mol. The van der Waals surface area contributed by atoms with E-state index < -0.39 is 11.8 Å². The minimum atomic E-state index is -0.441. The molecular formula is C22H19N3O3S2. The van der Waals surface area contributed by atoms with Crippen molar-refractivity contribution < 1.29 is 14.3 Å². The first-order valence-electron chi connectivity index (χ1n) is 9.00. The van der Waals surface area contributed by atoms with Crippen LogP contribution < -0.4 is 20.9 Å². The number of nitrogens with one attached hydrogen (secondary N) is 3. The van der Waals surface area contributed by atoms with E-state index in [0.717, 1.165) is 16.0 Å². The summed E-state index contributed by atoms with van der Waals surface area (Å²) in [5.41, 5.74) is 6.75. The first-order chi connectivity index (χ1) is 14.6. The summed E-state index contributed by atoms with van der Waals surface area (Å²) in [7, 11) is 0. The van der Waals surface area contributed by atoms with Gasteiger partial charge >= 0.3 is 0 Å². The summed E-state index contributed by atoms with van der Waals surface area (Å²) in [5.74, 6) is -0.250. The molecule has 2 amide bonds. The third-order valence-electron chi connectivity index (χ3n) is 3.82. The average Bonchev–Trinajstić information content (AvgIpc) is 3.29. The number of thiocarbonyl (C=S) groups is 1. The zero-order valence-electron chi connectivity index (χ0n) is 15.8. The highest BCUT2D eigenvalue weighted by molar-refractivity contribution is 7.80. The molecular weight excluding hydrogens is 418 g/mol. The van der Waals surface area contributed by atoms with Crippen LogP contribution in [0, 0.1) is 0 Å². The quantitative estimate of drug-likeness (QED) is 0.312. The standard InChI is InChI=1S/C22H19N3O3S2/c26-20(13-12-17-9-6-14-30-17)23-22(29)25-24-21(27)15-28-19-11-5-4-10-18(19)16-7-2-1-3-8-16/h1-14H,15H2,(H,24,27)(H2,23,25,26,29)/b13-12+. The summed E-state index contributed by atoms with van der Waals surface area (Å²) in [6, 6.07) is 21.0. The molecule has 0 atom stereocenters. The first-order valence-corrected chi connectivity index (χ1v) is 10.3. The normalized spacial score (nSPS) is 10.4. The van der Waals surface area contributed by atoms with E-state index in [2.05, 4.69) is 16.2 Å². The van der Waals surface area contributed by atoms with Crippen molar-refractivity contribution in [3.05, 3.63) is 83.1 Å². The van der Waals surface area contributed by atoms with Gasteiger partial charge in [-0.25, -0.2) is 0 Å². The van der Waals surface area contributed by atoms with Gasteiger partial charge in [-0.1, -0.05) is 54.6 Å². The minimum absolute atomic E-state index is 0.0196. The maximum atomic E-state index is 12.1. The first kappa shape index (κ1) is 21.2. The Kier molecular flexibility index (Phi) is 7.71. The van der Waals surface area contributed by atoms with Crippen LogP contribution in [0.2, 0.25) is 0 Å². The minimum Gasteiger partial charge on any atom is -0.483 e. The second-order valence-electron chi connectivity index (χ2n) is 5.99. The molecule has 8 heteroatoms. The monoisotopic (exact) mass is 437 g/mol. The Morgan fingerprint density at radius 1 is 0.967 bits per heavy atom. The van der Waals surface area contributed by atoms with Crippen molar-refractivity contribution >= 4 is 46.6 Å². The van der Waals surface area contributed by atoms with Gasteiger partial charge in [0.2, 0.25) is 5.91 Å². The molecule has 6 nitrogen and oxygen atoms in total. The zero-order valence-corrected chi connectivity index (χ0v) is 17.5. The van der Waals surface area contributed by atoms with Crippen LogP contribution in [0.3, 0.4) is 0 Å². The van der Waals surface area contributed by atoms with Crippen LogP contribution in [-0.4, -0.2) is 23.5 Å². The highest BCUT2D eigenvalue weighted by atomic mass is 32.1. The van der Waals surface area contributed by atoms with Gasteiger partial charge in [0.15, 0.2) is 11.7 Å². The van der Waals surface area contributed by atoms with E-state index in [0.29, 0.717) is 5.75 Å². The van der Waals surface area contributed by atoms with E-state index in [1.165, 1.54) is 17.4 Å². The molecule has 2 aromatic carbocycles. The molecule has 3 rings (SSSR count). The van der Waals surface area contributed by atoms with Crippen LogP contribution in [0.1, 0.15) is 4.88 Å². The molecule has 3 N–H and O–H groups in total. The van der Waals surface area contributed by atoms with Gasteiger partial charge in [0.1, 0.15) is 5.75 Å². The van der Waals surface area contributed by atoms with Crippen molar-refractivity contribution in [1.29, 1.82) is 0 Å².